The maximum Gasteiger partial charge on any atom is 0.494 e. The van der Waals surface area contributed by atoms with Gasteiger partial charge >= 0.3 is 7.12 Å². The number of benzene rings is 1. The fraction of sp³-hybridized carbons (Fsp3) is 0.700. The van der Waals surface area contributed by atoms with E-state index in [2.05, 4.69) is 45.6 Å². The van der Waals surface area contributed by atoms with Crippen molar-refractivity contribution in [3.8, 4) is 5.75 Å². The normalized spacial score (nSPS) is 22.6. The van der Waals surface area contributed by atoms with Gasteiger partial charge in [-0.1, -0.05) is 12.1 Å². The molecule has 0 aliphatic carbocycles. The lowest BCUT2D eigenvalue weighted by Crippen LogP contribution is -2.41. The molecule has 0 atom stereocenters. The summed E-state index contributed by atoms with van der Waals surface area (Å²) in [6.07, 6.45) is 1.03. The van der Waals surface area contributed by atoms with Crippen molar-refractivity contribution in [1.29, 1.82) is 0 Å². The van der Waals surface area contributed by atoms with Gasteiger partial charge in [-0.3, -0.25) is 4.90 Å². The smallest absolute Gasteiger partial charge is 0.493 e. The van der Waals surface area contributed by atoms with Gasteiger partial charge < -0.3 is 18.8 Å². The van der Waals surface area contributed by atoms with Gasteiger partial charge in [-0.2, -0.15) is 0 Å². The first-order valence-corrected chi connectivity index (χ1v) is 9.68. The van der Waals surface area contributed by atoms with Crippen molar-refractivity contribution in [3.05, 3.63) is 23.8 Å². The van der Waals surface area contributed by atoms with E-state index in [-0.39, 0.29) is 18.3 Å². The average molecular weight is 361 g/mol. The Labute approximate surface area is 158 Å². The van der Waals surface area contributed by atoms with Crippen LogP contribution in [-0.4, -0.2) is 62.7 Å². The van der Waals surface area contributed by atoms with Crippen LogP contribution in [0.25, 0.3) is 0 Å². The Morgan fingerprint density at radius 1 is 1.08 bits per heavy atom. The molecule has 144 valence electrons. The minimum absolute atomic E-state index is 0.319. The molecule has 6 heteroatoms. The van der Waals surface area contributed by atoms with Crippen molar-refractivity contribution in [2.75, 3.05) is 39.5 Å². The molecule has 0 aromatic heterocycles. The van der Waals surface area contributed by atoms with Gasteiger partial charge in [0.15, 0.2) is 0 Å². The summed E-state index contributed by atoms with van der Waals surface area (Å²) in [6, 6.07) is 6.19. The number of ether oxygens (including phenoxy) is 2. The second-order valence-electron chi connectivity index (χ2n) is 8.27. The van der Waals surface area contributed by atoms with Gasteiger partial charge in [0.05, 0.1) is 31.0 Å². The fourth-order valence-corrected chi connectivity index (χ4v) is 3.26. The highest BCUT2D eigenvalue weighted by Gasteiger charge is 2.51. The molecule has 0 bridgehead atoms. The van der Waals surface area contributed by atoms with E-state index in [0.29, 0.717) is 0 Å². The van der Waals surface area contributed by atoms with E-state index in [1.54, 1.807) is 0 Å². The third-order valence-corrected chi connectivity index (χ3v) is 5.70. The molecular weight excluding hydrogens is 329 g/mol. The van der Waals surface area contributed by atoms with Gasteiger partial charge in [-0.15, -0.1) is 0 Å². The first-order chi connectivity index (χ1) is 12.3. The molecule has 1 aromatic rings. The largest absolute Gasteiger partial charge is 0.494 e. The maximum atomic E-state index is 6.13. The van der Waals surface area contributed by atoms with Crippen LogP contribution in [0, 0.1) is 6.92 Å². The summed E-state index contributed by atoms with van der Waals surface area (Å²) in [5.74, 6) is 0.937. The van der Waals surface area contributed by atoms with Gasteiger partial charge in [0.2, 0.25) is 0 Å². The summed E-state index contributed by atoms with van der Waals surface area (Å²) in [4.78, 5) is 2.43. The molecule has 2 aliphatic heterocycles. The van der Waals surface area contributed by atoms with E-state index in [9.17, 15) is 0 Å². The summed E-state index contributed by atoms with van der Waals surface area (Å²) < 4.78 is 23.6. The highest BCUT2D eigenvalue weighted by atomic mass is 16.7. The quantitative estimate of drug-likeness (QED) is 0.575. The molecule has 2 heterocycles. The lowest BCUT2D eigenvalue weighted by Gasteiger charge is -2.32. The summed E-state index contributed by atoms with van der Waals surface area (Å²) in [7, 11) is -0.325. The van der Waals surface area contributed by atoms with Gasteiger partial charge in [0, 0.05) is 19.6 Å². The Bertz CT molecular complexity index is 598. The maximum absolute atomic E-state index is 6.13. The van der Waals surface area contributed by atoms with Gasteiger partial charge in [0.1, 0.15) is 5.75 Å². The number of morpholine rings is 1. The molecule has 1 aromatic carbocycles. The molecule has 0 radical (unpaired) electrons. The highest BCUT2D eigenvalue weighted by Crippen LogP contribution is 2.36. The highest BCUT2D eigenvalue weighted by molar-refractivity contribution is 6.62. The molecule has 26 heavy (non-hydrogen) atoms. The predicted octanol–water partition coefficient (Wildman–Crippen LogP) is 2.40. The van der Waals surface area contributed by atoms with Crippen molar-refractivity contribution in [2.45, 2.75) is 52.2 Å². The second kappa shape index (κ2) is 7.89. The Morgan fingerprint density at radius 2 is 1.73 bits per heavy atom. The molecule has 0 amide bonds. The average Bonchev–Trinajstić information content (AvgIpc) is 2.81. The van der Waals surface area contributed by atoms with Crippen LogP contribution in [0.3, 0.4) is 0 Å². The molecule has 5 nitrogen and oxygen atoms in total. The van der Waals surface area contributed by atoms with Crippen molar-refractivity contribution in [3.63, 3.8) is 0 Å². The van der Waals surface area contributed by atoms with Crippen molar-refractivity contribution in [1.82, 2.24) is 4.90 Å². The lowest BCUT2D eigenvalue weighted by molar-refractivity contribution is 0.00578. The van der Waals surface area contributed by atoms with E-state index in [1.165, 1.54) is 0 Å². The Morgan fingerprint density at radius 3 is 2.35 bits per heavy atom. The van der Waals surface area contributed by atoms with Gasteiger partial charge in [-0.05, 0) is 58.1 Å². The molecule has 2 aliphatic rings. The molecule has 3 rings (SSSR count). The Hall–Kier alpha value is -1.08. The summed E-state index contributed by atoms with van der Waals surface area (Å²) >= 11 is 0. The van der Waals surface area contributed by atoms with Crippen molar-refractivity contribution < 1.29 is 18.8 Å². The minimum atomic E-state index is -0.325. The van der Waals surface area contributed by atoms with Gasteiger partial charge in [-0.25, -0.2) is 0 Å². The zero-order valence-corrected chi connectivity index (χ0v) is 16.8. The van der Waals surface area contributed by atoms with Crippen LogP contribution in [0.1, 0.15) is 39.7 Å². The number of aryl methyl sites for hydroxylation is 1. The molecule has 2 fully saturated rings. The molecule has 0 unspecified atom stereocenters. The first-order valence-electron chi connectivity index (χ1n) is 9.68. The molecule has 0 N–H and O–H groups in total. The van der Waals surface area contributed by atoms with E-state index >= 15 is 0 Å². The van der Waals surface area contributed by atoms with Crippen LogP contribution in [0.15, 0.2) is 18.2 Å². The SMILES string of the molecule is Cc1cc(B2OC(C)(C)C(C)(C)O2)ccc1OCCCN1CCOCC1. The monoisotopic (exact) mass is 361 g/mol. The topological polar surface area (TPSA) is 40.2 Å². The third-order valence-electron chi connectivity index (χ3n) is 5.70. The van der Waals surface area contributed by atoms with E-state index in [4.69, 9.17) is 18.8 Å². The van der Waals surface area contributed by atoms with Crippen LogP contribution in [0.5, 0.6) is 5.75 Å². The number of nitrogens with zero attached hydrogens (tertiary/aromatic N) is 1. The summed E-state index contributed by atoms with van der Waals surface area (Å²) in [5, 5.41) is 0. The minimum Gasteiger partial charge on any atom is -0.493 e. The van der Waals surface area contributed by atoms with Crippen LogP contribution in [-0.2, 0) is 14.0 Å². The Kier molecular flexibility index (Phi) is 5.97. The van der Waals surface area contributed by atoms with Crippen molar-refractivity contribution >= 4 is 12.6 Å². The Balaban J connectivity index is 1.51. The third kappa shape index (κ3) is 4.42. The zero-order valence-electron chi connectivity index (χ0n) is 16.8. The number of hydrogen-bond donors (Lipinski definition) is 0. The van der Waals surface area contributed by atoms with Crippen LogP contribution in [0.2, 0.25) is 0 Å². The first kappa shape index (κ1) is 19.7. The predicted molar refractivity (Wildman–Crippen MR) is 104 cm³/mol. The van der Waals surface area contributed by atoms with E-state index < -0.39 is 0 Å². The van der Waals surface area contributed by atoms with Crippen LogP contribution < -0.4 is 10.2 Å². The van der Waals surface area contributed by atoms with Crippen molar-refractivity contribution in [2.24, 2.45) is 0 Å². The summed E-state index contributed by atoms with van der Waals surface area (Å²) in [6.45, 7) is 15.9. The number of rotatable bonds is 6. The molecule has 0 spiro atoms. The van der Waals surface area contributed by atoms with Crippen LogP contribution >= 0.6 is 0 Å². The standard InChI is InChI=1S/C20H32BNO4/c1-16-15-17(21-25-19(2,3)20(4,5)26-21)7-8-18(16)24-12-6-9-22-10-13-23-14-11-22/h7-8,15H,6,9-14H2,1-5H3. The lowest BCUT2D eigenvalue weighted by atomic mass is 9.78. The molecule has 0 saturated carbocycles. The fourth-order valence-electron chi connectivity index (χ4n) is 3.26. The second-order valence-corrected chi connectivity index (χ2v) is 8.27. The molecular formula is C20H32BNO4. The number of hydrogen-bond acceptors (Lipinski definition) is 5. The summed E-state index contributed by atoms with van der Waals surface area (Å²) in [5.41, 5.74) is 1.52. The molecule has 2 saturated heterocycles. The van der Waals surface area contributed by atoms with Gasteiger partial charge in [0.25, 0.3) is 0 Å². The van der Waals surface area contributed by atoms with E-state index in [1.807, 2.05) is 12.1 Å². The van der Waals surface area contributed by atoms with Crippen LogP contribution in [0.4, 0.5) is 0 Å². The van der Waals surface area contributed by atoms with E-state index in [0.717, 1.165) is 62.7 Å². The zero-order chi connectivity index (χ0) is 18.8.